The van der Waals surface area contributed by atoms with Gasteiger partial charge in [-0.3, -0.25) is 4.79 Å². The quantitative estimate of drug-likeness (QED) is 0.292. The molecule has 1 aromatic carbocycles. The molecule has 9 heteroatoms. The molecule has 38 heavy (non-hydrogen) atoms. The van der Waals surface area contributed by atoms with Gasteiger partial charge < -0.3 is 18.6 Å². The van der Waals surface area contributed by atoms with Crippen molar-refractivity contribution >= 4 is 34.1 Å². The maximum Gasteiger partial charge on any atom is 0.410 e. The number of hydrogen-bond donors (Lipinski definition) is 0. The van der Waals surface area contributed by atoms with Crippen LogP contribution in [0.25, 0.3) is 27.5 Å². The third-order valence-electron chi connectivity index (χ3n) is 7.65. The highest BCUT2D eigenvalue weighted by Crippen LogP contribution is 2.51. The summed E-state index contributed by atoms with van der Waals surface area (Å²) in [4.78, 5) is 32.6. The maximum atomic E-state index is 15.5. The molecule has 1 atom stereocenters. The predicted octanol–water partition coefficient (Wildman–Crippen LogP) is 6.52. The zero-order valence-electron chi connectivity index (χ0n) is 21.9. The number of likely N-dealkylation sites (tertiary alicyclic amines) is 1. The number of carbonyl (C=O) groups excluding carboxylic acids is 1. The van der Waals surface area contributed by atoms with E-state index in [1.807, 2.05) is 55.5 Å². The summed E-state index contributed by atoms with van der Waals surface area (Å²) in [5, 5.41) is 1.08. The first-order chi connectivity index (χ1) is 17.9. The Morgan fingerprint density at radius 1 is 1.18 bits per heavy atom. The summed E-state index contributed by atoms with van der Waals surface area (Å²) < 4.78 is 24.6. The average molecular weight is 537 g/mol. The van der Waals surface area contributed by atoms with Gasteiger partial charge in [-0.05, 0) is 88.6 Å². The van der Waals surface area contributed by atoms with Crippen LogP contribution in [0.5, 0.6) is 0 Å². The van der Waals surface area contributed by atoms with E-state index in [-0.39, 0.29) is 28.6 Å². The van der Waals surface area contributed by atoms with Crippen LogP contribution in [0, 0.1) is 12.7 Å². The highest BCUT2D eigenvalue weighted by Gasteiger charge is 2.54. The number of aryl methyl sites for hydroxylation is 1. The molecular formula is C29H30ClFN4O3. The normalized spacial score (nSPS) is 18.9. The molecule has 6 rings (SSSR count). The number of halogens is 2. The van der Waals surface area contributed by atoms with Gasteiger partial charge in [0.1, 0.15) is 11.4 Å². The van der Waals surface area contributed by atoms with Crippen molar-refractivity contribution in [3.63, 3.8) is 0 Å². The Morgan fingerprint density at radius 2 is 1.95 bits per heavy atom. The first kappa shape index (κ1) is 24.9. The van der Waals surface area contributed by atoms with Gasteiger partial charge in [0.2, 0.25) is 0 Å². The number of ether oxygens (including phenoxy) is 1. The third-order valence-corrected chi connectivity index (χ3v) is 7.93. The van der Waals surface area contributed by atoms with Crippen molar-refractivity contribution in [3.05, 3.63) is 69.7 Å². The molecule has 1 spiro atoms. The smallest absolute Gasteiger partial charge is 0.410 e. The summed E-state index contributed by atoms with van der Waals surface area (Å²) in [6.07, 6.45) is 8.20. The zero-order chi connectivity index (χ0) is 27.0. The van der Waals surface area contributed by atoms with Gasteiger partial charge in [0.15, 0.2) is 5.65 Å². The molecule has 2 fully saturated rings. The Bertz CT molecular complexity index is 1660. The maximum absolute atomic E-state index is 15.5. The minimum Gasteiger partial charge on any atom is -0.444 e. The third kappa shape index (κ3) is 4.25. The number of piperidine rings is 1. The molecule has 1 saturated carbocycles. The predicted molar refractivity (Wildman–Crippen MR) is 145 cm³/mol. The van der Waals surface area contributed by atoms with Gasteiger partial charge >= 0.3 is 6.09 Å². The summed E-state index contributed by atoms with van der Waals surface area (Å²) in [5.41, 5.74) is 1.63. The van der Waals surface area contributed by atoms with E-state index in [0.717, 1.165) is 24.1 Å². The topological polar surface area (TPSA) is 68.8 Å². The molecule has 0 N–H and O–H groups in total. The Labute approximate surface area is 224 Å². The van der Waals surface area contributed by atoms with Crippen LogP contribution in [0.1, 0.15) is 58.2 Å². The molecule has 1 aliphatic carbocycles. The van der Waals surface area contributed by atoms with Gasteiger partial charge in [-0.25, -0.2) is 14.2 Å². The van der Waals surface area contributed by atoms with E-state index < -0.39 is 11.4 Å². The summed E-state index contributed by atoms with van der Waals surface area (Å²) in [7, 11) is 0. The van der Waals surface area contributed by atoms with Crippen molar-refractivity contribution in [2.24, 2.45) is 0 Å². The summed E-state index contributed by atoms with van der Waals surface area (Å²) >= 11 is 6.44. The van der Waals surface area contributed by atoms with Crippen molar-refractivity contribution in [2.45, 2.75) is 70.6 Å². The van der Waals surface area contributed by atoms with E-state index in [0.29, 0.717) is 41.0 Å². The van der Waals surface area contributed by atoms with Gasteiger partial charge in [-0.15, -0.1) is 0 Å². The van der Waals surface area contributed by atoms with Gasteiger partial charge in [0, 0.05) is 42.3 Å². The van der Waals surface area contributed by atoms with Crippen molar-refractivity contribution < 1.29 is 13.9 Å². The van der Waals surface area contributed by atoms with Crippen LogP contribution in [0.3, 0.4) is 0 Å². The molecule has 3 aromatic heterocycles. The molecule has 4 aromatic rings. The van der Waals surface area contributed by atoms with Crippen LogP contribution in [0.4, 0.5) is 9.18 Å². The minimum absolute atomic E-state index is 0.0707. The number of nitrogens with zero attached hydrogens (tertiary/aromatic N) is 4. The molecule has 0 bridgehead atoms. The first-order valence-electron chi connectivity index (χ1n) is 12.9. The van der Waals surface area contributed by atoms with Gasteiger partial charge in [0.25, 0.3) is 5.56 Å². The summed E-state index contributed by atoms with van der Waals surface area (Å²) in [6.45, 7) is 7.96. The number of carbonyl (C=O) groups is 1. The highest BCUT2D eigenvalue weighted by atomic mass is 35.5. The van der Waals surface area contributed by atoms with E-state index in [4.69, 9.17) is 16.3 Å². The van der Waals surface area contributed by atoms with Gasteiger partial charge in [-0.2, -0.15) is 0 Å². The average Bonchev–Trinajstić information content (AvgIpc) is 3.46. The second-order valence-corrected chi connectivity index (χ2v) is 12.1. The molecule has 1 unspecified atom stereocenters. The largest absolute Gasteiger partial charge is 0.444 e. The number of imidazole rings is 1. The number of hydrogen-bond acceptors (Lipinski definition) is 4. The molecule has 0 radical (unpaired) electrons. The van der Waals surface area contributed by atoms with Crippen molar-refractivity contribution in [3.8, 4) is 11.1 Å². The highest BCUT2D eigenvalue weighted by molar-refractivity contribution is 6.33. The Hall–Kier alpha value is -3.39. The molecule has 7 nitrogen and oxygen atoms in total. The minimum atomic E-state index is -0.567. The number of rotatable bonds is 2. The summed E-state index contributed by atoms with van der Waals surface area (Å²) in [6, 6.07) is 6.66. The number of amides is 1. The van der Waals surface area contributed by atoms with Gasteiger partial charge in [-0.1, -0.05) is 11.6 Å². The number of pyridine rings is 2. The molecule has 1 saturated heterocycles. The Morgan fingerprint density at radius 3 is 2.66 bits per heavy atom. The lowest BCUT2D eigenvalue weighted by atomic mass is 9.94. The molecule has 4 heterocycles. The lowest BCUT2D eigenvalue weighted by Gasteiger charge is -2.41. The fourth-order valence-electron chi connectivity index (χ4n) is 5.76. The monoisotopic (exact) mass is 536 g/mol. The number of fused-ring (bicyclic) bond motifs is 2. The van der Waals surface area contributed by atoms with Crippen LogP contribution in [0.15, 0.2) is 47.7 Å². The van der Waals surface area contributed by atoms with Crippen molar-refractivity contribution in [2.75, 3.05) is 6.54 Å². The second-order valence-electron chi connectivity index (χ2n) is 11.6. The Balaban J connectivity index is 1.32. The van der Waals surface area contributed by atoms with Crippen LogP contribution in [-0.2, 0) is 4.74 Å². The van der Waals surface area contributed by atoms with Crippen molar-refractivity contribution in [1.82, 2.24) is 18.9 Å². The summed E-state index contributed by atoms with van der Waals surface area (Å²) in [5.74, 6) is -0.567. The molecule has 2 aliphatic rings. The fourth-order valence-corrected chi connectivity index (χ4v) is 6.02. The van der Waals surface area contributed by atoms with Crippen molar-refractivity contribution in [1.29, 1.82) is 0 Å². The lowest BCUT2D eigenvalue weighted by molar-refractivity contribution is 0.000498. The van der Waals surface area contributed by atoms with Crippen LogP contribution in [0.2, 0.25) is 5.02 Å². The Kier molecular flexibility index (Phi) is 5.61. The standard InChI is InChI=1S/C29H30ClFN4O3/c1-17-15-33-16-20(12-22(30)25(33)32-17)19-11-18-5-9-34(26(36)24(18)23(31)13-19)21-6-10-35(29(14-21)7-8-29)27(37)38-28(2,3)4/h5,9,11-13,15-16,21H,6-8,10,14H2,1-4H3. The van der Waals surface area contributed by atoms with E-state index in [1.165, 1.54) is 6.07 Å². The number of benzene rings is 1. The second kappa shape index (κ2) is 8.56. The SMILES string of the molecule is Cc1cn2cc(-c3cc(F)c4c(=O)n(C5CCN(C(=O)OC(C)(C)C)C6(CC6)C5)ccc4c3)cc(Cl)c2n1. The van der Waals surface area contributed by atoms with Gasteiger partial charge in [0.05, 0.1) is 16.1 Å². The van der Waals surface area contributed by atoms with E-state index in [2.05, 4.69) is 4.98 Å². The lowest BCUT2D eigenvalue weighted by Crippen LogP contribution is -2.50. The fraction of sp³-hybridized carbons (Fsp3) is 0.414. The molecule has 1 aliphatic heterocycles. The van der Waals surface area contributed by atoms with Crippen LogP contribution < -0.4 is 5.56 Å². The zero-order valence-corrected chi connectivity index (χ0v) is 22.7. The van der Waals surface area contributed by atoms with E-state index in [9.17, 15) is 9.59 Å². The molecule has 1 amide bonds. The van der Waals surface area contributed by atoms with Crippen LogP contribution in [-0.4, -0.2) is 42.6 Å². The first-order valence-corrected chi connectivity index (χ1v) is 13.3. The molecule has 198 valence electrons. The number of aromatic nitrogens is 3. The van der Waals surface area contributed by atoms with E-state index in [1.54, 1.807) is 22.9 Å². The molecular weight excluding hydrogens is 507 g/mol. The van der Waals surface area contributed by atoms with Crippen LogP contribution >= 0.6 is 11.6 Å². The van der Waals surface area contributed by atoms with E-state index >= 15 is 4.39 Å².